The van der Waals surface area contributed by atoms with Crippen molar-refractivity contribution in [3.63, 3.8) is 0 Å². The average Bonchev–Trinajstić information content (AvgIpc) is 3.12. The molecule has 10 heteroatoms. The maximum atomic E-state index is 14.5. The van der Waals surface area contributed by atoms with Gasteiger partial charge in [-0.15, -0.1) is 0 Å². The van der Waals surface area contributed by atoms with Crippen LogP contribution in [-0.2, 0) is 9.53 Å². The van der Waals surface area contributed by atoms with Gasteiger partial charge in [0.2, 0.25) is 0 Å². The lowest BCUT2D eigenvalue weighted by atomic mass is 9.79. The Labute approximate surface area is 183 Å². The smallest absolute Gasteiger partial charge is 0.308 e. The second-order valence-corrected chi connectivity index (χ2v) is 8.22. The molecule has 3 N–H and O–H groups in total. The molecule has 0 bridgehead atoms. The Morgan fingerprint density at radius 3 is 3.10 bits per heavy atom. The predicted molar refractivity (Wildman–Crippen MR) is 114 cm³/mol. The number of ether oxygens (including phenoxy) is 1. The average molecular weight is 448 g/mol. The van der Waals surface area contributed by atoms with Crippen molar-refractivity contribution < 1.29 is 19.0 Å². The van der Waals surface area contributed by atoms with Crippen molar-refractivity contribution in [2.24, 2.45) is 0 Å². The van der Waals surface area contributed by atoms with Gasteiger partial charge in [-0.25, -0.2) is 19.3 Å². The molecule has 1 aliphatic carbocycles. The number of hydrogen-bond donors (Lipinski definition) is 3. The van der Waals surface area contributed by atoms with Gasteiger partial charge in [-0.1, -0.05) is 11.6 Å². The van der Waals surface area contributed by atoms with Crippen LogP contribution in [0.15, 0.2) is 24.7 Å². The fourth-order valence-corrected chi connectivity index (χ4v) is 4.22. The molecule has 1 saturated carbocycles. The largest absolute Gasteiger partial charge is 0.466 e. The first-order chi connectivity index (χ1) is 14.9. The minimum absolute atomic E-state index is 0.0414. The molecule has 31 heavy (non-hydrogen) atoms. The molecule has 4 rings (SSSR count). The highest BCUT2D eigenvalue weighted by Crippen LogP contribution is 2.34. The minimum Gasteiger partial charge on any atom is -0.466 e. The zero-order chi connectivity index (χ0) is 22.0. The van der Waals surface area contributed by atoms with Crippen LogP contribution < -0.4 is 5.32 Å². The fraction of sp³-hybridized carbons (Fsp3) is 0.429. The second kappa shape index (κ2) is 8.76. The van der Waals surface area contributed by atoms with Gasteiger partial charge in [-0.3, -0.25) is 4.79 Å². The van der Waals surface area contributed by atoms with Gasteiger partial charge in [-0.2, -0.15) is 0 Å². The number of carbonyl (C=O) groups is 1. The lowest BCUT2D eigenvalue weighted by Crippen LogP contribution is -2.42. The van der Waals surface area contributed by atoms with E-state index in [2.05, 4.69) is 25.3 Å². The number of pyridine rings is 1. The Morgan fingerprint density at radius 2 is 2.29 bits per heavy atom. The van der Waals surface area contributed by atoms with E-state index >= 15 is 0 Å². The van der Waals surface area contributed by atoms with Crippen molar-refractivity contribution in [1.82, 2.24) is 19.9 Å². The van der Waals surface area contributed by atoms with E-state index in [9.17, 15) is 14.3 Å². The molecule has 3 heterocycles. The van der Waals surface area contributed by atoms with Gasteiger partial charge in [0.15, 0.2) is 17.5 Å². The highest BCUT2D eigenvalue weighted by Gasteiger charge is 2.37. The Balaban J connectivity index is 1.55. The van der Waals surface area contributed by atoms with Crippen molar-refractivity contribution in [2.45, 2.75) is 50.7 Å². The normalized spacial score (nSPS) is 21.2. The standard InChI is InChI=1S/C21H23ClFN5O3/c1-2-31-17(29)8-21(30)5-3-4-13(7-21)27-20-16(23)11-26-19(28-20)15-10-25-18-14(15)6-12(22)9-24-18/h6,9-11,13,30H,2-5,7-8H2,1H3,(H,24,25)(H,26,27,28)/t13-,21+/m0/s1. The van der Waals surface area contributed by atoms with Gasteiger partial charge in [-0.05, 0) is 38.7 Å². The number of esters is 1. The molecule has 0 spiro atoms. The molecule has 2 atom stereocenters. The van der Waals surface area contributed by atoms with Crippen LogP contribution in [0.1, 0.15) is 39.0 Å². The summed E-state index contributed by atoms with van der Waals surface area (Å²) in [6.07, 6.45) is 6.44. The van der Waals surface area contributed by atoms with E-state index in [1.165, 1.54) is 6.20 Å². The number of hydrogen-bond acceptors (Lipinski definition) is 7. The minimum atomic E-state index is -1.19. The number of aromatic amines is 1. The maximum absolute atomic E-state index is 14.5. The van der Waals surface area contributed by atoms with Crippen molar-refractivity contribution in [3.05, 3.63) is 35.5 Å². The highest BCUT2D eigenvalue weighted by atomic mass is 35.5. The monoisotopic (exact) mass is 447 g/mol. The molecule has 0 unspecified atom stereocenters. The van der Waals surface area contributed by atoms with E-state index in [1.807, 2.05) is 0 Å². The molecule has 0 saturated heterocycles. The number of carbonyl (C=O) groups excluding carboxylic acids is 1. The van der Waals surface area contributed by atoms with Crippen LogP contribution in [0.2, 0.25) is 5.02 Å². The van der Waals surface area contributed by atoms with Crippen LogP contribution in [0.5, 0.6) is 0 Å². The van der Waals surface area contributed by atoms with Crippen molar-refractivity contribution >= 4 is 34.4 Å². The number of fused-ring (bicyclic) bond motifs is 1. The van der Waals surface area contributed by atoms with Crippen LogP contribution in [-0.4, -0.2) is 49.3 Å². The first kappa shape index (κ1) is 21.5. The molecule has 3 aromatic heterocycles. The van der Waals surface area contributed by atoms with E-state index in [0.29, 0.717) is 34.9 Å². The van der Waals surface area contributed by atoms with Gasteiger partial charge in [0.05, 0.1) is 29.8 Å². The van der Waals surface area contributed by atoms with Crippen LogP contribution >= 0.6 is 11.6 Å². The van der Waals surface area contributed by atoms with E-state index in [4.69, 9.17) is 16.3 Å². The number of anilines is 1. The van der Waals surface area contributed by atoms with Crippen molar-refractivity contribution in [1.29, 1.82) is 0 Å². The molecule has 0 aliphatic heterocycles. The molecule has 0 radical (unpaired) electrons. The summed E-state index contributed by atoms with van der Waals surface area (Å²) in [7, 11) is 0. The highest BCUT2D eigenvalue weighted by molar-refractivity contribution is 6.31. The van der Waals surface area contributed by atoms with Gasteiger partial charge < -0.3 is 20.1 Å². The van der Waals surface area contributed by atoms with E-state index in [0.717, 1.165) is 18.0 Å². The summed E-state index contributed by atoms with van der Waals surface area (Å²) < 4.78 is 19.4. The summed E-state index contributed by atoms with van der Waals surface area (Å²) in [6, 6.07) is 1.50. The van der Waals surface area contributed by atoms with Gasteiger partial charge in [0.1, 0.15) is 5.65 Å². The van der Waals surface area contributed by atoms with E-state index in [-0.39, 0.29) is 31.3 Å². The van der Waals surface area contributed by atoms with Crippen LogP contribution in [0.3, 0.4) is 0 Å². The third-order valence-electron chi connectivity index (χ3n) is 5.42. The number of nitrogens with one attached hydrogen (secondary N) is 2. The Kier molecular flexibility index (Phi) is 6.06. The summed E-state index contributed by atoms with van der Waals surface area (Å²) in [4.78, 5) is 27.6. The van der Waals surface area contributed by atoms with E-state index in [1.54, 1.807) is 19.2 Å². The number of nitrogens with zero attached hydrogens (tertiary/aromatic N) is 3. The molecular weight excluding hydrogens is 425 g/mol. The van der Waals surface area contributed by atoms with Crippen molar-refractivity contribution in [2.75, 3.05) is 11.9 Å². The van der Waals surface area contributed by atoms with Gasteiger partial charge in [0, 0.05) is 29.4 Å². The lowest BCUT2D eigenvalue weighted by molar-refractivity contribution is -0.150. The predicted octanol–water partition coefficient (Wildman–Crippen LogP) is 3.85. The zero-order valence-corrected chi connectivity index (χ0v) is 17.7. The van der Waals surface area contributed by atoms with Crippen LogP contribution in [0.25, 0.3) is 22.4 Å². The quantitative estimate of drug-likeness (QED) is 0.492. The number of halogens is 2. The topological polar surface area (TPSA) is 113 Å². The third kappa shape index (κ3) is 4.77. The Morgan fingerprint density at radius 1 is 1.45 bits per heavy atom. The van der Waals surface area contributed by atoms with Crippen LogP contribution in [0, 0.1) is 5.82 Å². The van der Waals surface area contributed by atoms with Gasteiger partial charge >= 0.3 is 5.97 Å². The summed E-state index contributed by atoms with van der Waals surface area (Å²) in [5, 5.41) is 15.1. The summed E-state index contributed by atoms with van der Waals surface area (Å²) >= 11 is 6.06. The summed E-state index contributed by atoms with van der Waals surface area (Å²) in [5.74, 6) is -0.677. The molecule has 0 amide bonds. The molecular formula is C21H23ClFN5O3. The summed E-state index contributed by atoms with van der Waals surface area (Å²) in [5.41, 5.74) is 0.0852. The summed E-state index contributed by atoms with van der Waals surface area (Å²) in [6.45, 7) is 1.99. The maximum Gasteiger partial charge on any atom is 0.308 e. The van der Waals surface area contributed by atoms with Gasteiger partial charge in [0.25, 0.3) is 0 Å². The van der Waals surface area contributed by atoms with Crippen LogP contribution in [0.4, 0.5) is 10.2 Å². The Bertz CT molecular complexity index is 1110. The number of H-pyrrole nitrogens is 1. The lowest BCUT2D eigenvalue weighted by Gasteiger charge is -2.36. The fourth-order valence-electron chi connectivity index (χ4n) is 4.06. The Hall–Kier alpha value is -2.78. The van der Waals surface area contributed by atoms with Crippen molar-refractivity contribution in [3.8, 4) is 11.4 Å². The number of rotatable bonds is 6. The molecule has 3 aromatic rings. The zero-order valence-electron chi connectivity index (χ0n) is 17.0. The molecule has 1 aliphatic rings. The third-order valence-corrected chi connectivity index (χ3v) is 5.63. The molecule has 1 fully saturated rings. The first-order valence-corrected chi connectivity index (χ1v) is 10.5. The number of aromatic nitrogens is 4. The first-order valence-electron chi connectivity index (χ1n) is 10.2. The number of aliphatic hydroxyl groups is 1. The molecule has 0 aromatic carbocycles. The molecule has 164 valence electrons. The SMILES string of the molecule is CCOC(=O)C[C@@]1(O)CCC[C@H](Nc2nc(-c3c[nH]c4ncc(Cl)cc34)ncc2F)C1. The molecule has 8 nitrogen and oxygen atoms in total. The second-order valence-electron chi connectivity index (χ2n) is 7.79. The van der Waals surface area contributed by atoms with E-state index < -0.39 is 17.4 Å².